The zero-order chi connectivity index (χ0) is 58.8. The Hall–Kier alpha value is -3.48. The molecule has 0 aromatic carbocycles. The molecule has 4 aliphatic rings. The molecule has 2 bridgehead atoms. The van der Waals surface area contributed by atoms with E-state index in [4.69, 9.17) is 48.4 Å². The topological polar surface area (TPSA) is 274 Å². The number of allylic oxidation sites excluding steroid dienone is 6. The van der Waals surface area contributed by atoms with Gasteiger partial charge in [0.25, 0.3) is 0 Å². The summed E-state index contributed by atoms with van der Waals surface area (Å²) in [7, 11) is 3.15. The van der Waals surface area contributed by atoms with Gasteiger partial charge in [-0.1, -0.05) is 70.6 Å². The van der Waals surface area contributed by atoms with Crippen molar-refractivity contribution < 1.29 is 82.2 Å². The number of methoxy groups -OCH3 is 2. The maximum Gasteiger partial charge on any atom is 0.407 e. The molecule has 16 atom stereocenters. The van der Waals surface area contributed by atoms with Crippen molar-refractivity contribution in [2.75, 3.05) is 80.2 Å². The van der Waals surface area contributed by atoms with E-state index in [9.17, 15) is 39.6 Å². The Labute approximate surface area is 476 Å². The van der Waals surface area contributed by atoms with Gasteiger partial charge in [0.1, 0.15) is 30.5 Å². The van der Waals surface area contributed by atoms with Gasteiger partial charge in [0.15, 0.2) is 12.0 Å². The van der Waals surface area contributed by atoms with E-state index in [0.717, 1.165) is 5.57 Å². The Balaban J connectivity index is 1.49. The molecule has 1 amide bonds. The molecule has 1 aliphatic carbocycles. The highest BCUT2D eigenvalue weighted by Crippen LogP contribution is 2.38. The Bertz CT molecular complexity index is 1990. The molecule has 1 unspecified atom stereocenters. The number of Topliss-reactive ketones (excluding diaryl/α,β-unsaturated/α-hetero) is 2. The van der Waals surface area contributed by atoms with Crippen LogP contribution >= 0.6 is 0 Å². The molecule has 458 valence electrons. The number of carbonyl (C=O) groups is 4. The van der Waals surface area contributed by atoms with Gasteiger partial charge in [-0.05, 0) is 120 Å². The zero-order valence-electron chi connectivity index (χ0n) is 49.5. The lowest BCUT2D eigenvalue weighted by molar-refractivity contribution is -0.275. The van der Waals surface area contributed by atoms with Crippen molar-refractivity contribution in [1.29, 1.82) is 0 Å². The number of ether oxygens (including phenoxy) is 9. The van der Waals surface area contributed by atoms with Crippen LogP contribution in [0.3, 0.4) is 0 Å². The van der Waals surface area contributed by atoms with E-state index in [-0.39, 0.29) is 50.3 Å². The number of hydrogen-bond acceptors (Lipinski definition) is 19. The minimum absolute atomic E-state index is 0.00202. The highest BCUT2D eigenvalue weighted by molar-refractivity contribution is 5.90. The fraction of sp³-hybridized carbons (Fsp3) is 0.800. The van der Waals surface area contributed by atoms with Crippen LogP contribution in [0.5, 0.6) is 0 Å². The third kappa shape index (κ3) is 22.3. The second-order valence-electron chi connectivity index (χ2n) is 22.6. The van der Waals surface area contributed by atoms with Crippen LogP contribution in [-0.2, 0) is 57.0 Å². The molecule has 3 fully saturated rings. The van der Waals surface area contributed by atoms with E-state index >= 15 is 0 Å². The van der Waals surface area contributed by atoms with E-state index in [1.807, 2.05) is 58.1 Å². The van der Waals surface area contributed by atoms with Gasteiger partial charge >= 0.3 is 12.1 Å². The molecule has 1 saturated carbocycles. The number of hydrogen-bond donors (Lipinski definition) is 6. The van der Waals surface area contributed by atoms with Crippen molar-refractivity contribution in [3.8, 4) is 0 Å². The average Bonchev–Trinajstić information content (AvgIpc) is 3.55. The summed E-state index contributed by atoms with van der Waals surface area (Å²) in [4.78, 5) is 56.7. The highest BCUT2D eigenvalue weighted by Gasteiger charge is 2.53. The van der Waals surface area contributed by atoms with E-state index in [1.54, 1.807) is 41.1 Å². The second-order valence-corrected chi connectivity index (χ2v) is 22.6. The number of cyclic esters (lactones) is 1. The van der Waals surface area contributed by atoms with E-state index in [2.05, 4.69) is 5.32 Å². The number of nitrogens with zero attached hydrogens (tertiary/aromatic N) is 1. The average molecular weight is 1140 g/mol. The first-order chi connectivity index (χ1) is 38.2. The fourth-order valence-electron chi connectivity index (χ4n) is 11.3. The summed E-state index contributed by atoms with van der Waals surface area (Å²) in [6.07, 6.45) is 9.08. The molecule has 7 N–H and O–H groups in total. The maximum absolute atomic E-state index is 14.6. The van der Waals surface area contributed by atoms with Crippen LogP contribution in [-0.4, -0.2) is 196 Å². The Morgan fingerprint density at radius 2 is 1.46 bits per heavy atom. The molecule has 3 heterocycles. The summed E-state index contributed by atoms with van der Waals surface area (Å²) in [5.41, 5.74) is 8.37. The number of esters is 1. The molecule has 20 heteroatoms. The first-order valence-electron chi connectivity index (χ1n) is 29.5. The third-order valence-electron chi connectivity index (χ3n) is 16.3. The summed E-state index contributed by atoms with van der Waals surface area (Å²) in [6.45, 7) is 17.0. The van der Waals surface area contributed by atoms with Crippen molar-refractivity contribution in [2.45, 2.75) is 199 Å². The maximum atomic E-state index is 14.6. The predicted molar refractivity (Wildman–Crippen MR) is 301 cm³/mol. The number of aliphatic hydroxyl groups is 4. The molecule has 3 aliphatic heterocycles. The number of carbonyl (C=O) groups excluding carboxylic acids is 4. The first kappa shape index (κ1) is 69.0. The number of piperidine rings is 1. The number of nitrogens with one attached hydrogen (secondary N) is 1. The minimum atomic E-state index is -2.34. The Morgan fingerprint density at radius 1 is 0.775 bits per heavy atom. The summed E-state index contributed by atoms with van der Waals surface area (Å²) in [5.74, 6) is -5.83. The lowest BCUT2D eigenvalue weighted by Crippen LogP contribution is -2.62. The van der Waals surface area contributed by atoms with Crippen LogP contribution in [0.1, 0.15) is 132 Å². The minimum Gasteiger partial charge on any atom is -0.460 e. The van der Waals surface area contributed by atoms with Gasteiger partial charge in [-0.25, -0.2) is 4.79 Å². The van der Waals surface area contributed by atoms with Gasteiger partial charge in [0.2, 0.25) is 11.6 Å². The Morgan fingerprint density at radius 3 is 2.14 bits per heavy atom. The van der Waals surface area contributed by atoms with Crippen LogP contribution in [0.4, 0.5) is 4.79 Å². The van der Waals surface area contributed by atoms with Crippen molar-refractivity contribution in [2.24, 2.45) is 35.3 Å². The van der Waals surface area contributed by atoms with E-state index in [1.165, 1.54) is 4.90 Å². The Kier molecular flexibility index (Phi) is 31.3. The van der Waals surface area contributed by atoms with Gasteiger partial charge in [0, 0.05) is 58.2 Å². The standard InChI is InChI=1S/C60H101N3O17/c1-10-74-28-29-76-32-33-77-31-30-75-27-25-62-59(70)79-50-24-21-45(37-52(50)73-9)36-47(61)49-23-19-40(3)35-43(6)54(65)55(66)53(64)42(5)34-39(2)16-12-11-13-17-41(4)51(72-8)38-46-22-20-44(7)60(71,80-46)56(67)57(68)63-26-15-14-18-48(63)58(69)78-49/h11-13,16-17,35,39-40,42,44-52,54-55,57,65-66,68,71H,10,14-15,18-34,36-38,61H2,1-9H3,(H,62,70)/b13-11+,16-12+,41-17+,43-35+/t39-,40+,42-,44-,45+,46+,47-,48+,49+,50-,51+,52-,54-,55+,57?,60-/m1/s1. The number of alkyl carbamates (subject to hydrolysis) is 1. The van der Waals surface area contributed by atoms with Crippen LogP contribution < -0.4 is 11.1 Å². The molecule has 80 heavy (non-hydrogen) atoms. The number of fused-ring (bicyclic) bond motifs is 3. The molecule has 0 aromatic rings. The monoisotopic (exact) mass is 1140 g/mol. The SMILES string of the molecule is CCOCCOCCOCCOCCNC(=O)O[C@@H]1CC[C@@H](C[C@@H](N)[C@@H]2CC[C@H](C)/C=C(\C)[C@@H](O)[C@@H](O)C(=O)[C@H](C)C[C@H](C)/C=C/C=C/C=C(\C)[C@@H](OC)C[C@@H]3CC[C@@H](C)[C@@](O)(O3)C(=O)C(O)N3CCCC[C@H]3C(=O)O2)C[C@H]1OC. The molecular formula is C60H101N3O17. The molecule has 20 nitrogen and oxygen atoms in total. The predicted octanol–water partition coefficient (Wildman–Crippen LogP) is 5.65. The summed E-state index contributed by atoms with van der Waals surface area (Å²) >= 11 is 0. The smallest absolute Gasteiger partial charge is 0.407 e. The van der Waals surface area contributed by atoms with Crippen molar-refractivity contribution in [3.05, 3.63) is 47.6 Å². The van der Waals surface area contributed by atoms with Gasteiger partial charge < -0.3 is 74.1 Å². The molecular weight excluding hydrogens is 1030 g/mol. The van der Waals surface area contributed by atoms with E-state index in [0.29, 0.717) is 122 Å². The lowest BCUT2D eigenvalue weighted by Gasteiger charge is -2.45. The summed E-state index contributed by atoms with van der Waals surface area (Å²) in [6, 6.07) is -1.72. The van der Waals surface area contributed by atoms with Crippen LogP contribution in [0.25, 0.3) is 0 Å². The lowest BCUT2D eigenvalue weighted by atomic mass is 9.80. The van der Waals surface area contributed by atoms with Gasteiger partial charge in [-0.2, -0.15) is 0 Å². The molecule has 4 rings (SSSR count). The number of aliphatic hydroxyl groups excluding tert-OH is 3. The number of nitrogens with two attached hydrogens (primary N) is 1. The number of amides is 1. The fourth-order valence-corrected chi connectivity index (χ4v) is 11.3. The van der Waals surface area contributed by atoms with E-state index < -0.39 is 102 Å². The quantitative estimate of drug-likeness (QED) is 0.0518. The van der Waals surface area contributed by atoms with Crippen LogP contribution in [0.15, 0.2) is 47.6 Å². The van der Waals surface area contributed by atoms with Crippen LogP contribution in [0, 0.1) is 29.6 Å². The van der Waals surface area contributed by atoms with Crippen molar-refractivity contribution in [3.63, 3.8) is 0 Å². The van der Waals surface area contributed by atoms with Gasteiger partial charge in [-0.15, -0.1) is 0 Å². The molecule has 0 aromatic heterocycles. The van der Waals surface area contributed by atoms with Gasteiger partial charge in [0.05, 0.1) is 64.6 Å². The number of ketones is 2. The zero-order valence-corrected chi connectivity index (χ0v) is 49.5. The van der Waals surface area contributed by atoms with Crippen LogP contribution in [0.2, 0.25) is 0 Å². The van der Waals surface area contributed by atoms with Crippen molar-refractivity contribution in [1.82, 2.24) is 10.2 Å². The van der Waals surface area contributed by atoms with Crippen molar-refractivity contribution >= 4 is 23.6 Å². The third-order valence-corrected chi connectivity index (χ3v) is 16.3. The first-order valence-corrected chi connectivity index (χ1v) is 29.5. The van der Waals surface area contributed by atoms with Gasteiger partial charge in [-0.3, -0.25) is 19.3 Å². The number of rotatable bonds is 19. The summed E-state index contributed by atoms with van der Waals surface area (Å²) in [5, 5.41) is 49.1. The summed E-state index contributed by atoms with van der Waals surface area (Å²) < 4.78 is 51.9. The molecule has 2 saturated heterocycles. The molecule has 0 spiro atoms. The largest absolute Gasteiger partial charge is 0.460 e. The molecule has 0 radical (unpaired) electrons. The highest BCUT2D eigenvalue weighted by atomic mass is 16.6. The second kappa shape index (κ2) is 36.3. The normalized spacial score (nSPS) is 36.0.